The van der Waals surface area contributed by atoms with Crippen LogP contribution < -0.4 is 42.4 Å². The Balaban J connectivity index is 0.000000173. The highest BCUT2D eigenvalue weighted by atomic mass is 35.5. The number of nitrogens with zero attached hydrogens (tertiary/aromatic N) is 7. The lowest BCUT2D eigenvalue weighted by atomic mass is 9.82. The zero-order valence-corrected chi connectivity index (χ0v) is 56.6. The third kappa shape index (κ3) is 18.9. The number of carbonyl (C=O) groups is 3. The number of halogens is 1. The minimum atomic E-state index is -0.465. The first-order valence-electron chi connectivity index (χ1n) is 33.1. The number of carbonyl (C=O) groups excluding carboxylic acids is 3. The summed E-state index contributed by atoms with van der Waals surface area (Å²) in [4.78, 5) is 48.0. The van der Waals surface area contributed by atoms with E-state index in [4.69, 9.17) is 46.6 Å². The summed E-state index contributed by atoms with van der Waals surface area (Å²) in [6.45, 7) is 21.1. The highest BCUT2D eigenvalue weighted by Crippen LogP contribution is 2.42. The summed E-state index contributed by atoms with van der Waals surface area (Å²) in [7, 11) is -0.398. The number of hydrogen-bond donors (Lipinski definition) is 5. The van der Waals surface area contributed by atoms with Crippen molar-refractivity contribution in [2.75, 3.05) is 48.3 Å². The van der Waals surface area contributed by atoms with Crippen LogP contribution in [0.15, 0.2) is 146 Å². The number of nitrogens with one attached hydrogen (secondary N) is 3. The van der Waals surface area contributed by atoms with Gasteiger partial charge in [-0.3, -0.25) is 19.0 Å². The topological polar surface area (TPSA) is 250 Å². The molecule has 0 radical (unpaired) electrons. The summed E-state index contributed by atoms with van der Waals surface area (Å²) in [5.41, 5.74) is 20.7. The number of likely N-dealkylation sites (tertiary alicyclic amines) is 1. The lowest BCUT2D eigenvalue weighted by Gasteiger charge is -2.33. The van der Waals surface area contributed by atoms with Crippen LogP contribution in [0.3, 0.4) is 0 Å². The van der Waals surface area contributed by atoms with Crippen molar-refractivity contribution in [2.24, 2.45) is 0 Å². The zero-order chi connectivity index (χ0) is 67.2. The summed E-state index contributed by atoms with van der Waals surface area (Å²) in [6, 6.07) is 35.3. The molecular formula is C75H96BClN12O8. The summed E-state index contributed by atoms with van der Waals surface area (Å²) < 4.78 is 33.9. The Morgan fingerprint density at radius 1 is 0.619 bits per heavy atom. The number of nitrogens with two attached hydrogens (primary N) is 2. The van der Waals surface area contributed by atoms with Crippen LogP contribution in [0.5, 0.6) is 11.5 Å². The maximum absolute atomic E-state index is 12.9. The van der Waals surface area contributed by atoms with Crippen molar-refractivity contribution < 1.29 is 37.9 Å². The molecule has 20 nitrogen and oxygen atoms in total. The van der Waals surface area contributed by atoms with Gasteiger partial charge in [-0.2, -0.15) is 10.2 Å². The number of benzene rings is 4. The molecular weight excluding hydrogens is 1240 g/mol. The van der Waals surface area contributed by atoms with Gasteiger partial charge in [0, 0.05) is 89.2 Å². The minimum Gasteiger partial charge on any atom is -0.482 e. The lowest BCUT2D eigenvalue weighted by Crippen LogP contribution is -2.42. The molecule has 4 aromatic carbocycles. The molecule has 0 bridgehead atoms. The van der Waals surface area contributed by atoms with Crippen LogP contribution >= 0.6 is 11.6 Å². The van der Waals surface area contributed by atoms with Crippen LogP contribution in [0.1, 0.15) is 208 Å². The molecule has 97 heavy (non-hydrogen) atoms. The molecule has 7 heterocycles. The molecule has 13 rings (SSSR count). The Kier molecular flexibility index (Phi) is 23.3. The van der Waals surface area contributed by atoms with Gasteiger partial charge in [-0.1, -0.05) is 75.0 Å². The van der Waals surface area contributed by atoms with Gasteiger partial charge in [0.25, 0.3) is 11.8 Å². The molecule has 0 unspecified atom stereocenters. The predicted octanol–water partition coefficient (Wildman–Crippen LogP) is 15.3. The number of piperidine rings is 2. The van der Waals surface area contributed by atoms with Gasteiger partial charge < -0.3 is 55.8 Å². The first-order chi connectivity index (χ1) is 45.4. The van der Waals surface area contributed by atoms with Crippen molar-refractivity contribution in [1.29, 1.82) is 0 Å². The molecule has 2 aliphatic carbocycles. The van der Waals surface area contributed by atoms with Crippen molar-refractivity contribution in [3.63, 3.8) is 0 Å². The molecule has 7 N–H and O–H groups in total. The monoisotopic (exact) mass is 1340 g/mol. The highest BCUT2D eigenvalue weighted by molar-refractivity contribution is 6.62. The van der Waals surface area contributed by atoms with E-state index < -0.39 is 12.7 Å². The maximum atomic E-state index is 12.9. The molecule has 4 aromatic heterocycles. The molecule has 8 aromatic rings. The molecule has 22 heteroatoms. The number of nitrogen functional groups attached to an aromatic ring is 2. The van der Waals surface area contributed by atoms with E-state index in [-0.39, 0.29) is 68.0 Å². The van der Waals surface area contributed by atoms with Crippen LogP contribution in [0.2, 0.25) is 5.02 Å². The van der Waals surface area contributed by atoms with E-state index in [9.17, 15) is 14.4 Å². The lowest BCUT2D eigenvalue weighted by molar-refractivity contribution is 0.00578. The smallest absolute Gasteiger partial charge is 0.482 e. The number of hydrogen-bond acceptors (Lipinski definition) is 15. The first kappa shape index (κ1) is 72.5. The Bertz CT molecular complexity index is 3980. The van der Waals surface area contributed by atoms with Crippen LogP contribution in [-0.2, 0) is 14.0 Å². The molecule has 3 amide bonds. The summed E-state index contributed by atoms with van der Waals surface area (Å²) in [5, 5.41) is 19.0. The minimum absolute atomic E-state index is 0. The molecule has 5 aliphatic rings. The Labute approximate surface area is 577 Å². The van der Waals surface area contributed by atoms with Gasteiger partial charge in [0.1, 0.15) is 17.8 Å². The van der Waals surface area contributed by atoms with Gasteiger partial charge in [0.15, 0.2) is 23.1 Å². The SMILES string of the molecule is C.C.CC(C)(C)OC(=O)N1CCC(n2cc(B3OC(C)(C)C(C)(C)O3)cn2)CC1.C[C@@H](Oc1cc(-c2cnn(C3CCNCC3)c2)cnc1N)c1cccc(NC(=O)c2cccc(C3CC3)c2)c1.C[C@@H](Oc1cc(Cl)cnc1N)c1cccc(NC(=O)c2cccc(C3CC3)c2)c1. The number of ether oxygens (including phenoxy) is 3. The average Bonchev–Trinajstić information content (AvgIpc) is 1.62. The van der Waals surface area contributed by atoms with Crippen LogP contribution in [0.4, 0.5) is 27.8 Å². The van der Waals surface area contributed by atoms with Gasteiger partial charge in [-0.05, 0) is 215 Å². The molecule has 5 fully saturated rings. The van der Waals surface area contributed by atoms with Crippen LogP contribution in [-0.4, -0.2) is 102 Å². The number of rotatable bonds is 16. The summed E-state index contributed by atoms with van der Waals surface area (Å²) in [6.07, 6.45) is 18.8. The molecule has 3 saturated heterocycles. The highest BCUT2D eigenvalue weighted by Gasteiger charge is 2.52. The van der Waals surface area contributed by atoms with E-state index in [2.05, 4.69) is 59.1 Å². The van der Waals surface area contributed by atoms with Gasteiger partial charge in [-0.15, -0.1) is 0 Å². The van der Waals surface area contributed by atoms with Crippen molar-refractivity contribution in [2.45, 2.75) is 181 Å². The van der Waals surface area contributed by atoms with Gasteiger partial charge in [0.2, 0.25) is 0 Å². The fourth-order valence-corrected chi connectivity index (χ4v) is 11.8. The van der Waals surface area contributed by atoms with E-state index in [1.807, 2.05) is 177 Å². The second-order valence-corrected chi connectivity index (χ2v) is 27.8. The van der Waals surface area contributed by atoms with Crippen molar-refractivity contribution in [3.05, 3.63) is 185 Å². The second-order valence-electron chi connectivity index (χ2n) is 27.4. The molecule has 3 aliphatic heterocycles. The second kappa shape index (κ2) is 31.2. The van der Waals surface area contributed by atoms with E-state index >= 15 is 0 Å². The van der Waals surface area contributed by atoms with Gasteiger partial charge >= 0.3 is 13.2 Å². The number of amides is 3. The quantitative estimate of drug-likeness (QED) is 0.0564. The molecule has 2 atom stereocenters. The van der Waals surface area contributed by atoms with E-state index in [1.165, 1.54) is 43.0 Å². The third-order valence-corrected chi connectivity index (χ3v) is 18.4. The van der Waals surface area contributed by atoms with Crippen molar-refractivity contribution in [3.8, 4) is 22.6 Å². The van der Waals surface area contributed by atoms with Crippen LogP contribution in [0.25, 0.3) is 11.1 Å². The van der Waals surface area contributed by atoms with Crippen molar-refractivity contribution >= 4 is 65.1 Å². The fourth-order valence-electron chi connectivity index (χ4n) is 11.6. The van der Waals surface area contributed by atoms with Crippen molar-refractivity contribution in [1.82, 2.24) is 39.7 Å². The van der Waals surface area contributed by atoms with E-state index in [0.717, 1.165) is 72.2 Å². The third-order valence-electron chi connectivity index (χ3n) is 18.2. The zero-order valence-electron chi connectivity index (χ0n) is 55.8. The summed E-state index contributed by atoms with van der Waals surface area (Å²) in [5.74, 6) is 2.52. The summed E-state index contributed by atoms with van der Waals surface area (Å²) >= 11 is 5.98. The maximum Gasteiger partial charge on any atom is 0.498 e. The van der Waals surface area contributed by atoms with E-state index in [0.29, 0.717) is 70.1 Å². The predicted molar refractivity (Wildman–Crippen MR) is 386 cm³/mol. The fraction of sp³-hybridized carbons (Fsp3) is 0.427. The number of anilines is 4. The average molecular weight is 1340 g/mol. The Morgan fingerprint density at radius 3 is 1.63 bits per heavy atom. The number of pyridine rings is 2. The normalized spacial score (nSPS) is 17.3. The molecule has 514 valence electrons. The molecule has 0 spiro atoms. The van der Waals surface area contributed by atoms with Gasteiger partial charge in [0.05, 0.1) is 34.5 Å². The largest absolute Gasteiger partial charge is 0.498 e. The number of aromatic nitrogens is 6. The Hall–Kier alpha value is -8.76. The van der Waals surface area contributed by atoms with Crippen LogP contribution in [0, 0.1) is 0 Å². The first-order valence-corrected chi connectivity index (χ1v) is 33.4. The van der Waals surface area contributed by atoms with Gasteiger partial charge in [-0.25, -0.2) is 14.8 Å². The van der Waals surface area contributed by atoms with E-state index in [1.54, 1.807) is 17.2 Å². The standard InChI is InChI=1S/C31H34N6O2.C23H22ClN3O2.C19H32BN3O4.2CH4/c1-20(22-4-3-7-27(15-22)36-31(38)24-6-2-5-23(14-24)21-8-9-21)39-29-16-25(17-34-30(29)32)26-18-35-37(19-26)28-10-12-33-13-11-28;1-14(29-21-12-19(24)13-26-22(21)25)16-4-3-7-20(11-16)27-23(28)18-6-2-5-17(10-18)15-8-9-15;1-17(2,3)25-16(24)22-10-8-15(9-11-22)23-13-14(12-21-23)20-26-18(4,5)19(6,7)27-20;;/h2-7,14-21,28,33H,8-13H2,1H3,(H2,32,34)(H,36,38);2-7,10-15H,8-9H2,1H3,(H2,25,26)(H,27,28);12-13,15H,8-11H2,1-7H3;2*1H4/t20-;14-;;;/m11.../s1. The Morgan fingerprint density at radius 2 is 1.10 bits per heavy atom. The molecule has 2 saturated carbocycles.